The van der Waals surface area contributed by atoms with Crippen LogP contribution in [0.5, 0.6) is 0 Å². The number of rotatable bonds is 17. The van der Waals surface area contributed by atoms with E-state index in [4.69, 9.17) is 14.2 Å². The van der Waals surface area contributed by atoms with Crippen molar-refractivity contribution in [2.45, 2.75) is 69.7 Å². The second-order valence-electron chi connectivity index (χ2n) is 14.1. The van der Waals surface area contributed by atoms with Crippen LogP contribution in [0.25, 0.3) is 11.1 Å². The van der Waals surface area contributed by atoms with Crippen LogP contribution >= 0.6 is 0 Å². The maximum atomic E-state index is 14.5. The van der Waals surface area contributed by atoms with Crippen LogP contribution in [0.2, 0.25) is 0 Å². The van der Waals surface area contributed by atoms with Crippen molar-refractivity contribution in [3.8, 4) is 11.1 Å². The fourth-order valence-corrected chi connectivity index (χ4v) is 6.78. The van der Waals surface area contributed by atoms with Crippen LogP contribution < -0.4 is 5.32 Å². The van der Waals surface area contributed by atoms with Gasteiger partial charge in [0.05, 0.1) is 12.5 Å². The number of carboxylic acid groups (broad SMARTS) is 1. The average molecular weight is 747 g/mol. The minimum Gasteiger partial charge on any atom is -0.480 e. The van der Waals surface area contributed by atoms with Gasteiger partial charge in [-0.3, -0.25) is 24.5 Å². The van der Waals surface area contributed by atoms with Gasteiger partial charge >= 0.3 is 23.9 Å². The Labute approximate surface area is 320 Å². The zero-order chi connectivity index (χ0) is 39.5. The first kappa shape index (κ1) is 40.1. The van der Waals surface area contributed by atoms with E-state index in [9.17, 15) is 29.1 Å². The Balaban J connectivity index is 1.52. The molecule has 0 spiro atoms. The summed E-state index contributed by atoms with van der Waals surface area (Å²) >= 11 is 0. The van der Waals surface area contributed by atoms with Crippen molar-refractivity contribution in [3.05, 3.63) is 144 Å². The molecule has 5 rings (SSSR count). The van der Waals surface area contributed by atoms with E-state index in [1.807, 2.05) is 54.6 Å². The molecule has 0 radical (unpaired) electrons. The normalized spacial score (nSPS) is 13.7. The molecule has 0 aliphatic heterocycles. The molecule has 0 saturated heterocycles. The molecule has 11 heteroatoms. The molecular weight excluding hydrogens is 700 g/mol. The van der Waals surface area contributed by atoms with E-state index in [-0.39, 0.29) is 19.4 Å². The largest absolute Gasteiger partial charge is 0.480 e. The van der Waals surface area contributed by atoms with Crippen molar-refractivity contribution < 1.29 is 43.3 Å². The average Bonchev–Trinajstić information content (AvgIpc) is 3.51. The number of nitrogens with zero attached hydrogens (tertiary/aromatic N) is 1. The molecule has 0 heterocycles. The number of hydrogen-bond acceptors (Lipinski definition) is 9. The highest BCUT2D eigenvalue weighted by atomic mass is 16.6. The lowest BCUT2D eigenvalue weighted by atomic mass is 9.93. The number of fused-ring (bicyclic) bond motifs is 3. The molecule has 1 amide bonds. The number of carbonyl (C=O) groups is 5. The predicted octanol–water partition coefficient (Wildman–Crippen LogP) is 6.37. The Morgan fingerprint density at radius 2 is 1.36 bits per heavy atom. The Morgan fingerprint density at radius 1 is 0.800 bits per heavy atom. The number of ether oxygens (including phenoxy) is 3. The van der Waals surface area contributed by atoms with E-state index in [1.54, 1.807) is 75.4 Å². The van der Waals surface area contributed by atoms with Gasteiger partial charge in [-0.2, -0.15) is 0 Å². The highest BCUT2D eigenvalue weighted by Gasteiger charge is 2.44. The van der Waals surface area contributed by atoms with Crippen molar-refractivity contribution in [2.24, 2.45) is 0 Å². The first-order valence-corrected chi connectivity index (χ1v) is 18.1. The van der Waals surface area contributed by atoms with Crippen LogP contribution in [0.1, 0.15) is 67.8 Å². The number of nitrogens with one attached hydrogen (secondary N) is 1. The molecule has 1 unspecified atom stereocenters. The number of hydrogen-bond donors (Lipinski definition) is 2. The van der Waals surface area contributed by atoms with Crippen LogP contribution in [-0.2, 0) is 44.6 Å². The number of benzene rings is 4. The summed E-state index contributed by atoms with van der Waals surface area (Å²) in [6.07, 6.45) is 0.614. The van der Waals surface area contributed by atoms with Crippen LogP contribution in [-0.4, -0.2) is 70.8 Å². The lowest BCUT2D eigenvalue weighted by molar-refractivity contribution is -0.169. The molecule has 1 aliphatic carbocycles. The Hall–Kier alpha value is -6.07. The van der Waals surface area contributed by atoms with E-state index in [2.05, 4.69) is 11.9 Å². The van der Waals surface area contributed by atoms with Gasteiger partial charge in [0.1, 0.15) is 36.9 Å². The topological polar surface area (TPSA) is 149 Å². The first-order valence-electron chi connectivity index (χ1n) is 18.1. The molecule has 2 N–H and O–H groups in total. The molecule has 286 valence electrons. The Bertz CT molecular complexity index is 1950. The van der Waals surface area contributed by atoms with Crippen molar-refractivity contribution in [3.63, 3.8) is 0 Å². The van der Waals surface area contributed by atoms with Crippen LogP contribution in [0.15, 0.2) is 122 Å². The van der Waals surface area contributed by atoms with Gasteiger partial charge in [0.25, 0.3) is 0 Å². The molecule has 3 atom stereocenters. The molecule has 4 aromatic carbocycles. The number of aliphatic carboxylic acids is 1. The van der Waals surface area contributed by atoms with Gasteiger partial charge in [-0.1, -0.05) is 122 Å². The van der Waals surface area contributed by atoms with Gasteiger partial charge < -0.3 is 24.2 Å². The van der Waals surface area contributed by atoms with E-state index in [1.165, 1.54) is 11.0 Å². The molecule has 55 heavy (non-hydrogen) atoms. The molecule has 0 fully saturated rings. The van der Waals surface area contributed by atoms with Crippen molar-refractivity contribution in [2.75, 3.05) is 13.3 Å². The molecule has 11 nitrogen and oxygen atoms in total. The molecule has 0 bridgehead atoms. The second kappa shape index (κ2) is 18.3. The third-order valence-electron chi connectivity index (χ3n) is 9.09. The van der Waals surface area contributed by atoms with Gasteiger partial charge in [0, 0.05) is 12.8 Å². The van der Waals surface area contributed by atoms with Crippen molar-refractivity contribution in [1.29, 1.82) is 0 Å². The van der Waals surface area contributed by atoms with Gasteiger partial charge in [-0.05, 0) is 54.2 Å². The van der Waals surface area contributed by atoms with Crippen molar-refractivity contribution >= 4 is 29.8 Å². The fraction of sp³-hybridized carbons (Fsp3) is 0.295. The molecule has 0 aromatic heterocycles. The molecular formula is C44H46N2O9. The van der Waals surface area contributed by atoms with E-state index in [0.29, 0.717) is 11.1 Å². The second-order valence-corrected chi connectivity index (χ2v) is 14.1. The summed E-state index contributed by atoms with van der Waals surface area (Å²) in [5.74, 6) is -4.84. The molecule has 1 aliphatic rings. The van der Waals surface area contributed by atoms with Gasteiger partial charge in [-0.25, -0.2) is 4.79 Å². The van der Waals surface area contributed by atoms with Crippen molar-refractivity contribution in [1.82, 2.24) is 10.2 Å². The van der Waals surface area contributed by atoms with E-state index in [0.717, 1.165) is 22.3 Å². The maximum absolute atomic E-state index is 14.5. The highest BCUT2D eigenvalue weighted by Crippen LogP contribution is 2.45. The summed E-state index contributed by atoms with van der Waals surface area (Å²) in [6, 6.07) is 28.1. The van der Waals surface area contributed by atoms with Gasteiger partial charge in [-0.15, -0.1) is 0 Å². The van der Waals surface area contributed by atoms with Crippen LogP contribution in [0, 0.1) is 0 Å². The monoisotopic (exact) mass is 746 g/mol. The summed E-state index contributed by atoms with van der Waals surface area (Å²) < 4.78 is 16.7. The zero-order valence-electron chi connectivity index (χ0n) is 31.2. The minimum atomic E-state index is -1.62. The Kier molecular flexibility index (Phi) is 13.4. The summed E-state index contributed by atoms with van der Waals surface area (Å²) in [7, 11) is 0. The van der Waals surface area contributed by atoms with Crippen LogP contribution in [0.3, 0.4) is 0 Å². The fourth-order valence-electron chi connectivity index (χ4n) is 6.78. The quantitative estimate of drug-likeness (QED) is 0.0540. The third-order valence-corrected chi connectivity index (χ3v) is 9.09. The van der Waals surface area contributed by atoms with E-state index < -0.39 is 72.6 Å². The number of carboxylic acids is 1. The zero-order valence-corrected chi connectivity index (χ0v) is 31.2. The van der Waals surface area contributed by atoms with Crippen LogP contribution in [0.4, 0.5) is 0 Å². The third kappa shape index (κ3) is 10.1. The van der Waals surface area contributed by atoms with Gasteiger partial charge in [0.15, 0.2) is 0 Å². The minimum absolute atomic E-state index is 0.0342. The Morgan fingerprint density at radius 3 is 1.93 bits per heavy atom. The van der Waals surface area contributed by atoms with Gasteiger partial charge in [0.2, 0.25) is 5.91 Å². The summed E-state index contributed by atoms with van der Waals surface area (Å²) in [5.41, 5.74) is 3.46. The summed E-state index contributed by atoms with van der Waals surface area (Å²) in [5, 5.41) is 13.7. The summed E-state index contributed by atoms with van der Waals surface area (Å²) in [4.78, 5) is 69.6. The lowest BCUT2D eigenvalue weighted by Crippen LogP contribution is -2.57. The standard InChI is InChI=1S/C44H46N2O9/c1-5-26-53-37(48)25-24-36(47)46(35(42(51)55-44(2,3)4)27-29-16-8-6-9-17-29)40(30-18-10-7-11-19-30)39(41(49)50)45-28-54-43(52)38-33-22-14-12-20-31(33)32-21-13-15-23-34(32)38/h5-23,35,38-40,45H,1,24-28H2,2-4H3,(H,49,50)/t35-,39+,40?/m0/s1. The number of carbonyl (C=O) groups excluding carboxylic acids is 4. The molecule has 4 aromatic rings. The lowest BCUT2D eigenvalue weighted by Gasteiger charge is -2.41. The SMILES string of the molecule is C=CCOC(=O)CCC(=O)N(C(c1ccccc1)[C@@H](NCOC(=O)C1c2ccccc2-c2ccccc21)C(=O)O)[C@@H](Cc1ccccc1)C(=O)OC(C)(C)C. The number of esters is 3. The highest BCUT2D eigenvalue weighted by molar-refractivity contribution is 5.93. The molecule has 0 saturated carbocycles. The number of amides is 1. The predicted molar refractivity (Wildman–Crippen MR) is 205 cm³/mol. The smallest absolute Gasteiger partial charge is 0.329 e. The van der Waals surface area contributed by atoms with E-state index >= 15 is 0 Å². The maximum Gasteiger partial charge on any atom is 0.329 e. The first-order chi connectivity index (χ1) is 26.4. The summed E-state index contributed by atoms with van der Waals surface area (Å²) in [6.45, 7) is 8.03.